The Morgan fingerprint density at radius 2 is 2.00 bits per heavy atom. The van der Waals surface area contributed by atoms with Crippen LogP contribution in [0.4, 0.5) is 5.82 Å². The molecule has 0 saturated heterocycles. The molecule has 0 amide bonds. The SMILES string of the molecule is CNCc1cnc(N(C)CCCOC)c2ccccc12. The summed E-state index contributed by atoms with van der Waals surface area (Å²) in [6.07, 6.45) is 2.97. The van der Waals surface area contributed by atoms with Crippen molar-refractivity contribution in [3.63, 3.8) is 0 Å². The van der Waals surface area contributed by atoms with Crippen molar-refractivity contribution < 1.29 is 4.74 Å². The average molecular weight is 273 g/mol. The molecular formula is C16H23N3O. The summed E-state index contributed by atoms with van der Waals surface area (Å²) in [4.78, 5) is 6.85. The van der Waals surface area contributed by atoms with Crippen LogP contribution in [0.3, 0.4) is 0 Å². The number of fused-ring (bicyclic) bond motifs is 1. The fraction of sp³-hybridized carbons (Fsp3) is 0.438. The van der Waals surface area contributed by atoms with Gasteiger partial charge in [-0.05, 0) is 24.4 Å². The second kappa shape index (κ2) is 7.22. The minimum Gasteiger partial charge on any atom is -0.385 e. The molecule has 0 saturated carbocycles. The van der Waals surface area contributed by atoms with Crippen LogP contribution in [0.25, 0.3) is 10.8 Å². The number of pyridine rings is 1. The Balaban J connectivity index is 2.32. The quantitative estimate of drug-likeness (QED) is 0.786. The van der Waals surface area contributed by atoms with Crippen LogP contribution in [-0.4, -0.2) is 39.3 Å². The molecule has 0 aliphatic heterocycles. The van der Waals surface area contributed by atoms with Crippen LogP contribution in [0.5, 0.6) is 0 Å². The Bertz CT molecular complexity index is 556. The van der Waals surface area contributed by atoms with Crippen LogP contribution in [0, 0.1) is 0 Å². The van der Waals surface area contributed by atoms with E-state index >= 15 is 0 Å². The predicted octanol–water partition coefficient (Wildman–Crippen LogP) is 2.43. The Morgan fingerprint density at radius 1 is 1.25 bits per heavy atom. The minimum absolute atomic E-state index is 0.778. The van der Waals surface area contributed by atoms with Gasteiger partial charge in [0.25, 0.3) is 0 Å². The number of nitrogens with one attached hydrogen (secondary N) is 1. The van der Waals surface area contributed by atoms with Gasteiger partial charge in [-0.25, -0.2) is 4.98 Å². The first kappa shape index (κ1) is 14.8. The molecule has 108 valence electrons. The van der Waals surface area contributed by atoms with E-state index in [0.29, 0.717) is 0 Å². The molecule has 1 aromatic heterocycles. The van der Waals surface area contributed by atoms with Crippen LogP contribution in [0.1, 0.15) is 12.0 Å². The third kappa shape index (κ3) is 3.26. The molecule has 1 aromatic carbocycles. The van der Waals surface area contributed by atoms with Gasteiger partial charge >= 0.3 is 0 Å². The lowest BCUT2D eigenvalue weighted by molar-refractivity contribution is 0.196. The number of benzene rings is 1. The molecule has 20 heavy (non-hydrogen) atoms. The smallest absolute Gasteiger partial charge is 0.136 e. The molecule has 4 nitrogen and oxygen atoms in total. The number of methoxy groups -OCH3 is 1. The molecule has 0 unspecified atom stereocenters. The zero-order valence-corrected chi connectivity index (χ0v) is 12.5. The summed E-state index contributed by atoms with van der Waals surface area (Å²) in [6.45, 7) is 2.55. The third-order valence-electron chi connectivity index (χ3n) is 3.43. The Labute approximate surface area is 120 Å². The first-order valence-corrected chi connectivity index (χ1v) is 6.99. The molecule has 0 aliphatic rings. The maximum Gasteiger partial charge on any atom is 0.136 e. The molecule has 1 heterocycles. The van der Waals surface area contributed by atoms with E-state index in [9.17, 15) is 0 Å². The molecule has 0 bridgehead atoms. The summed E-state index contributed by atoms with van der Waals surface area (Å²) in [5.74, 6) is 1.04. The van der Waals surface area contributed by atoms with Crippen molar-refractivity contribution in [1.82, 2.24) is 10.3 Å². The molecule has 0 aliphatic carbocycles. The van der Waals surface area contributed by atoms with Crippen molar-refractivity contribution in [2.24, 2.45) is 0 Å². The van der Waals surface area contributed by atoms with Gasteiger partial charge in [0.1, 0.15) is 5.82 Å². The second-order valence-electron chi connectivity index (χ2n) is 4.95. The molecular weight excluding hydrogens is 250 g/mol. The first-order chi connectivity index (χ1) is 9.77. The van der Waals surface area contributed by atoms with Gasteiger partial charge in [-0.15, -0.1) is 0 Å². The van der Waals surface area contributed by atoms with Gasteiger partial charge in [-0.3, -0.25) is 0 Å². The zero-order valence-electron chi connectivity index (χ0n) is 12.5. The molecule has 1 N–H and O–H groups in total. The van der Waals surface area contributed by atoms with E-state index in [1.807, 2.05) is 13.2 Å². The van der Waals surface area contributed by atoms with Gasteiger partial charge in [0.05, 0.1) is 0 Å². The molecule has 0 fully saturated rings. The van der Waals surface area contributed by atoms with Crippen molar-refractivity contribution in [2.45, 2.75) is 13.0 Å². The fourth-order valence-corrected chi connectivity index (χ4v) is 2.42. The van der Waals surface area contributed by atoms with E-state index in [2.05, 4.69) is 46.5 Å². The average Bonchev–Trinajstić information content (AvgIpc) is 2.48. The van der Waals surface area contributed by atoms with Gasteiger partial charge in [0.2, 0.25) is 0 Å². The number of anilines is 1. The molecule has 2 aromatic rings. The van der Waals surface area contributed by atoms with E-state index in [0.717, 1.165) is 31.9 Å². The highest BCUT2D eigenvalue weighted by molar-refractivity contribution is 5.94. The largest absolute Gasteiger partial charge is 0.385 e. The summed E-state index contributed by atoms with van der Waals surface area (Å²) < 4.78 is 5.11. The number of nitrogens with zero attached hydrogens (tertiary/aromatic N) is 2. The molecule has 0 spiro atoms. The predicted molar refractivity (Wildman–Crippen MR) is 84.3 cm³/mol. The van der Waals surface area contributed by atoms with E-state index in [-0.39, 0.29) is 0 Å². The van der Waals surface area contributed by atoms with E-state index < -0.39 is 0 Å². The Morgan fingerprint density at radius 3 is 2.70 bits per heavy atom. The summed E-state index contributed by atoms with van der Waals surface area (Å²) in [7, 11) is 5.78. The summed E-state index contributed by atoms with van der Waals surface area (Å²) in [5.41, 5.74) is 1.23. The lowest BCUT2D eigenvalue weighted by Crippen LogP contribution is -2.21. The normalized spacial score (nSPS) is 10.9. The maximum absolute atomic E-state index is 5.11. The van der Waals surface area contributed by atoms with Gasteiger partial charge in [0.15, 0.2) is 0 Å². The molecule has 4 heteroatoms. The van der Waals surface area contributed by atoms with E-state index in [1.54, 1.807) is 7.11 Å². The molecule has 2 rings (SSSR count). The van der Waals surface area contributed by atoms with Crippen molar-refractivity contribution in [1.29, 1.82) is 0 Å². The summed E-state index contributed by atoms with van der Waals surface area (Å²) >= 11 is 0. The van der Waals surface area contributed by atoms with Crippen LogP contribution >= 0.6 is 0 Å². The fourth-order valence-electron chi connectivity index (χ4n) is 2.42. The molecule has 0 radical (unpaired) electrons. The van der Waals surface area contributed by atoms with Crippen molar-refractivity contribution in [3.8, 4) is 0 Å². The monoisotopic (exact) mass is 273 g/mol. The van der Waals surface area contributed by atoms with Crippen molar-refractivity contribution in [2.75, 3.05) is 39.3 Å². The lowest BCUT2D eigenvalue weighted by atomic mass is 10.1. The van der Waals surface area contributed by atoms with Crippen LogP contribution in [-0.2, 0) is 11.3 Å². The van der Waals surface area contributed by atoms with Crippen LogP contribution in [0.15, 0.2) is 30.5 Å². The molecule has 0 atom stereocenters. The van der Waals surface area contributed by atoms with Crippen LogP contribution < -0.4 is 10.2 Å². The zero-order chi connectivity index (χ0) is 14.4. The number of hydrogen-bond donors (Lipinski definition) is 1. The topological polar surface area (TPSA) is 37.4 Å². The van der Waals surface area contributed by atoms with Crippen molar-refractivity contribution >= 4 is 16.6 Å². The van der Waals surface area contributed by atoms with Crippen LogP contribution in [0.2, 0.25) is 0 Å². The van der Waals surface area contributed by atoms with E-state index in [1.165, 1.54) is 16.3 Å². The maximum atomic E-state index is 5.11. The minimum atomic E-state index is 0.778. The number of rotatable bonds is 7. The third-order valence-corrected chi connectivity index (χ3v) is 3.43. The summed E-state index contributed by atoms with van der Waals surface area (Å²) in [6, 6.07) is 8.45. The van der Waals surface area contributed by atoms with Crippen molar-refractivity contribution in [3.05, 3.63) is 36.0 Å². The Kier molecular flexibility index (Phi) is 5.32. The summed E-state index contributed by atoms with van der Waals surface area (Å²) in [5, 5.41) is 5.67. The Hall–Kier alpha value is -1.65. The highest BCUT2D eigenvalue weighted by Crippen LogP contribution is 2.26. The van der Waals surface area contributed by atoms with Gasteiger partial charge < -0.3 is 15.0 Å². The number of hydrogen-bond acceptors (Lipinski definition) is 4. The standard InChI is InChI=1S/C16H23N3O/c1-17-11-13-12-18-16(19(2)9-6-10-20-3)15-8-5-4-7-14(13)15/h4-5,7-8,12,17H,6,9-11H2,1-3H3. The van der Waals surface area contributed by atoms with Gasteiger partial charge in [0, 0.05) is 45.4 Å². The number of ether oxygens (including phenoxy) is 1. The van der Waals surface area contributed by atoms with E-state index in [4.69, 9.17) is 4.74 Å². The highest BCUT2D eigenvalue weighted by atomic mass is 16.5. The second-order valence-corrected chi connectivity index (χ2v) is 4.95. The first-order valence-electron chi connectivity index (χ1n) is 6.99. The highest BCUT2D eigenvalue weighted by Gasteiger charge is 2.10. The lowest BCUT2D eigenvalue weighted by Gasteiger charge is -2.20. The van der Waals surface area contributed by atoms with Gasteiger partial charge in [-0.2, -0.15) is 0 Å². The van der Waals surface area contributed by atoms with Gasteiger partial charge in [-0.1, -0.05) is 24.3 Å². The number of aromatic nitrogens is 1.